The molecule has 9 heteroatoms. The van der Waals surface area contributed by atoms with Gasteiger partial charge in [-0.25, -0.2) is 4.98 Å². The highest BCUT2D eigenvalue weighted by Gasteiger charge is 2.28. The molecule has 0 amide bonds. The molecular weight excluding hydrogens is 353 g/mol. The second-order valence-electron chi connectivity index (χ2n) is 5.09. The summed E-state index contributed by atoms with van der Waals surface area (Å²) in [6.45, 7) is -0.233. The lowest BCUT2D eigenvalue weighted by atomic mass is 10.2. The van der Waals surface area contributed by atoms with Crippen molar-refractivity contribution in [3.05, 3.63) is 46.3 Å². The Morgan fingerprint density at radius 2 is 2.16 bits per heavy atom. The van der Waals surface area contributed by atoms with Crippen LogP contribution < -0.4 is 15.4 Å². The summed E-state index contributed by atoms with van der Waals surface area (Å²) in [6.07, 6.45) is -2.08. The van der Waals surface area contributed by atoms with Crippen molar-refractivity contribution in [3.8, 4) is 5.88 Å². The summed E-state index contributed by atoms with van der Waals surface area (Å²) in [5.41, 5.74) is 0.744. The third-order valence-corrected chi connectivity index (χ3v) is 4.05. The van der Waals surface area contributed by atoms with Crippen molar-refractivity contribution in [2.45, 2.75) is 19.1 Å². The molecule has 0 spiro atoms. The number of ether oxygens (including phenoxy) is 1. The van der Waals surface area contributed by atoms with E-state index in [1.165, 1.54) is 17.1 Å². The minimum Gasteiger partial charge on any atom is -0.468 e. The number of aliphatic imine (C=N–C) groups is 1. The maximum absolute atomic E-state index is 12.2. The first-order valence-corrected chi connectivity index (χ1v) is 8.45. The van der Waals surface area contributed by atoms with Crippen LogP contribution in [-0.2, 0) is 13.0 Å². The molecular formula is C16H19F3N4OS. The lowest BCUT2D eigenvalue weighted by molar-refractivity contribution is -0.154. The molecule has 5 nitrogen and oxygen atoms in total. The summed E-state index contributed by atoms with van der Waals surface area (Å²) in [5.74, 6) is 0.559. The first kappa shape index (κ1) is 19.0. The van der Waals surface area contributed by atoms with Gasteiger partial charge in [-0.3, -0.25) is 4.99 Å². The summed E-state index contributed by atoms with van der Waals surface area (Å²) in [6, 6.07) is 7.25. The molecule has 136 valence electrons. The Kier molecular flexibility index (Phi) is 7.05. The summed E-state index contributed by atoms with van der Waals surface area (Å²) >= 11 is 1.70. The van der Waals surface area contributed by atoms with Gasteiger partial charge in [-0.15, -0.1) is 11.3 Å². The predicted molar refractivity (Wildman–Crippen MR) is 92.0 cm³/mol. The predicted octanol–water partition coefficient (Wildman–Crippen LogP) is 2.99. The van der Waals surface area contributed by atoms with Crippen LogP contribution in [0, 0.1) is 0 Å². The monoisotopic (exact) mass is 372 g/mol. The number of halogens is 3. The van der Waals surface area contributed by atoms with Crippen LogP contribution in [0.1, 0.15) is 10.4 Å². The molecule has 0 atom stereocenters. The third kappa shape index (κ3) is 7.42. The highest BCUT2D eigenvalue weighted by atomic mass is 32.1. The molecule has 0 aromatic carbocycles. The van der Waals surface area contributed by atoms with Gasteiger partial charge in [0, 0.05) is 37.3 Å². The highest BCUT2D eigenvalue weighted by molar-refractivity contribution is 7.09. The smallest absolute Gasteiger partial charge is 0.422 e. The van der Waals surface area contributed by atoms with E-state index in [0.29, 0.717) is 12.5 Å². The molecule has 2 aromatic rings. The van der Waals surface area contributed by atoms with Crippen LogP contribution in [0.5, 0.6) is 5.88 Å². The van der Waals surface area contributed by atoms with E-state index in [2.05, 4.69) is 31.4 Å². The van der Waals surface area contributed by atoms with Crippen LogP contribution in [0.2, 0.25) is 0 Å². The minimum atomic E-state index is -4.38. The molecule has 0 radical (unpaired) electrons. The van der Waals surface area contributed by atoms with E-state index in [4.69, 9.17) is 0 Å². The van der Waals surface area contributed by atoms with Gasteiger partial charge in [0.05, 0.1) is 0 Å². The molecule has 2 N–H and O–H groups in total. The molecule has 0 aliphatic heterocycles. The largest absolute Gasteiger partial charge is 0.468 e. The number of rotatable bonds is 7. The van der Waals surface area contributed by atoms with Crippen molar-refractivity contribution in [1.82, 2.24) is 15.6 Å². The molecule has 0 unspecified atom stereocenters. The molecule has 0 aliphatic carbocycles. The zero-order valence-corrected chi connectivity index (χ0v) is 14.5. The Morgan fingerprint density at radius 1 is 1.32 bits per heavy atom. The number of guanidine groups is 1. The number of thiophene rings is 1. The van der Waals surface area contributed by atoms with Crippen molar-refractivity contribution in [2.75, 3.05) is 20.2 Å². The molecule has 0 saturated carbocycles. The van der Waals surface area contributed by atoms with Crippen LogP contribution in [0.15, 0.2) is 40.8 Å². The van der Waals surface area contributed by atoms with E-state index < -0.39 is 12.8 Å². The van der Waals surface area contributed by atoms with Crippen molar-refractivity contribution < 1.29 is 17.9 Å². The number of aromatic nitrogens is 1. The lowest BCUT2D eigenvalue weighted by Gasteiger charge is -2.12. The van der Waals surface area contributed by atoms with Crippen molar-refractivity contribution in [2.24, 2.45) is 4.99 Å². The van der Waals surface area contributed by atoms with Crippen molar-refractivity contribution in [1.29, 1.82) is 0 Å². The van der Waals surface area contributed by atoms with Crippen LogP contribution in [-0.4, -0.2) is 37.3 Å². The van der Waals surface area contributed by atoms with Gasteiger partial charge in [0.2, 0.25) is 5.88 Å². The van der Waals surface area contributed by atoms with Gasteiger partial charge in [-0.1, -0.05) is 6.07 Å². The van der Waals surface area contributed by atoms with Crippen molar-refractivity contribution >= 4 is 17.3 Å². The van der Waals surface area contributed by atoms with Gasteiger partial charge in [0.15, 0.2) is 12.6 Å². The van der Waals surface area contributed by atoms with Crippen molar-refractivity contribution in [3.63, 3.8) is 0 Å². The summed E-state index contributed by atoms with van der Waals surface area (Å²) in [7, 11) is 1.66. The number of hydrogen-bond donors (Lipinski definition) is 2. The first-order valence-electron chi connectivity index (χ1n) is 7.57. The van der Waals surface area contributed by atoms with E-state index in [0.717, 1.165) is 18.5 Å². The van der Waals surface area contributed by atoms with Crippen LogP contribution in [0.3, 0.4) is 0 Å². The SMILES string of the molecule is CN=C(NCCc1cccs1)NCc1ccnc(OCC(F)(F)F)c1. The number of alkyl halides is 3. The Morgan fingerprint density at radius 3 is 2.84 bits per heavy atom. The quantitative estimate of drug-likeness (QED) is 0.580. The molecule has 0 aliphatic rings. The highest BCUT2D eigenvalue weighted by Crippen LogP contribution is 2.17. The fourth-order valence-electron chi connectivity index (χ4n) is 1.96. The minimum absolute atomic E-state index is 0.0581. The molecule has 0 saturated heterocycles. The number of nitrogens with zero attached hydrogens (tertiary/aromatic N) is 2. The average Bonchev–Trinajstić information content (AvgIpc) is 3.09. The van der Waals surface area contributed by atoms with Gasteiger partial charge in [0.1, 0.15) is 0 Å². The Labute approximate surface area is 148 Å². The Balaban J connectivity index is 1.78. The van der Waals surface area contributed by atoms with E-state index in [-0.39, 0.29) is 5.88 Å². The van der Waals surface area contributed by atoms with Crippen LogP contribution in [0.25, 0.3) is 0 Å². The number of pyridine rings is 1. The number of nitrogens with one attached hydrogen (secondary N) is 2. The maximum atomic E-state index is 12.2. The molecule has 2 aromatic heterocycles. The summed E-state index contributed by atoms with van der Waals surface area (Å²) in [4.78, 5) is 9.17. The first-order chi connectivity index (χ1) is 12.0. The molecule has 25 heavy (non-hydrogen) atoms. The molecule has 0 bridgehead atoms. The standard InChI is InChI=1S/C16H19F3N4OS/c1-20-15(22-7-5-13-3-2-8-25-13)23-10-12-4-6-21-14(9-12)24-11-16(17,18)19/h2-4,6,8-9H,5,7,10-11H2,1H3,(H2,20,22,23). The molecule has 0 fully saturated rings. The van der Waals surface area contributed by atoms with Crippen LogP contribution >= 0.6 is 11.3 Å². The van der Waals surface area contributed by atoms with Gasteiger partial charge in [-0.05, 0) is 29.5 Å². The summed E-state index contributed by atoms with van der Waals surface area (Å²) in [5, 5.41) is 8.32. The van der Waals surface area contributed by atoms with Gasteiger partial charge in [0.25, 0.3) is 0 Å². The van der Waals surface area contributed by atoms with E-state index in [1.807, 2.05) is 11.4 Å². The number of hydrogen-bond acceptors (Lipinski definition) is 4. The average molecular weight is 372 g/mol. The van der Waals surface area contributed by atoms with Gasteiger partial charge >= 0.3 is 6.18 Å². The fourth-order valence-corrected chi connectivity index (χ4v) is 2.67. The van der Waals surface area contributed by atoms with E-state index in [9.17, 15) is 13.2 Å². The van der Waals surface area contributed by atoms with Gasteiger partial charge in [-0.2, -0.15) is 13.2 Å². The van der Waals surface area contributed by atoms with E-state index in [1.54, 1.807) is 24.5 Å². The second kappa shape index (κ2) is 9.26. The zero-order chi connectivity index (χ0) is 18.1. The molecule has 2 heterocycles. The normalized spacial score (nSPS) is 12.1. The Hall–Kier alpha value is -2.29. The van der Waals surface area contributed by atoms with E-state index >= 15 is 0 Å². The zero-order valence-electron chi connectivity index (χ0n) is 13.6. The third-order valence-electron chi connectivity index (χ3n) is 3.11. The fraction of sp³-hybridized carbons (Fsp3) is 0.375. The second-order valence-corrected chi connectivity index (χ2v) is 6.12. The summed E-state index contributed by atoms with van der Waals surface area (Å²) < 4.78 is 41.2. The van der Waals surface area contributed by atoms with Crippen LogP contribution in [0.4, 0.5) is 13.2 Å². The Bertz CT molecular complexity index is 674. The lowest BCUT2D eigenvalue weighted by Crippen LogP contribution is -2.37. The topological polar surface area (TPSA) is 58.5 Å². The molecule has 2 rings (SSSR count). The maximum Gasteiger partial charge on any atom is 0.422 e. The van der Waals surface area contributed by atoms with Gasteiger partial charge < -0.3 is 15.4 Å².